The second-order valence-corrected chi connectivity index (χ2v) is 6.16. The first-order chi connectivity index (χ1) is 10.1. The lowest BCUT2D eigenvalue weighted by Crippen LogP contribution is -2.34. The number of amides is 1. The number of benzene rings is 1. The summed E-state index contributed by atoms with van der Waals surface area (Å²) in [5.41, 5.74) is 7.47. The second-order valence-electron chi connectivity index (χ2n) is 6.16. The van der Waals surface area contributed by atoms with E-state index in [-0.39, 0.29) is 36.1 Å². The van der Waals surface area contributed by atoms with E-state index in [1.165, 1.54) is 0 Å². The normalized spacial score (nSPS) is 20.2. The predicted octanol–water partition coefficient (Wildman–Crippen LogP) is 2.80. The number of nitrogens with zero attached hydrogens (tertiary/aromatic N) is 2. The highest BCUT2D eigenvalue weighted by Crippen LogP contribution is 2.29. The maximum absolute atomic E-state index is 12.3. The van der Waals surface area contributed by atoms with Gasteiger partial charge in [0.25, 0.3) is 0 Å². The highest BCUT2D eigenvalue weighted by atomic mass is 35.5. The van der Waals surface area contributed by atoms with Crippen LogP contribution in [-0.2, 0) is 11.2 Å². The largest absolute Gasteiger partial charge is 0.441 e. The lowest BCUT2D eigenvalue weighted by molar-refractivity contribution is -0.130. The molecule has 0 aliphatic carbocycles. The van der Waals surface area contributed by atoms with Gasteiger partial charge in [0, 0.05) is 25.9 Å². The lowest BCUT2D eigenvalue weighted by atomic mass is 9.90. The summed E-state index contributed by atoms with van der Waals surface area (Å²) in [5, 5.41) is 0. The number of aryl methyl sites for hydroxylation is 1. The van der Waals surface area contributed by atoms with Crippen LogP contribution in [-0.4, -0.2) is 35.4 Å². The molecule has 2 heterocycles. The SMILES string of the molecule is CC1(CN)CCN(C(=O)CCc2nc3ccccc3o2)C1.Cl.Cl. The number of hydrogen-bond donors (Lipinski definition) is 1. The Bertz CT molecular complexity index is 629. The van der Waals surface area contributed by atoms with E-state index in [9.17, 15) is 4.79 Å². The Morgan fingerprint density at radius 1 is 1.39 bits per heavy atom. The van der Waals surface area contributed by atoms with E-state index < -0.39 is 0 Å². The zero-order chi connectivity index (χ0) is 14.9. The highest BCUT2D eigenvalue weighted by Gasteiger charge is 2.34. The molecule has 7 heteroatoms. The molecule has 1 aromatic heterocycles. The van der Waals surface area contributed by atoms with E-state index in [2.05, 4.69) is 11.9 Å². The average molecular weight is 360 g/mol. The predicted molar refractivity (Wildman–Crippen MR) is 95.2 cm³/mol. The van der Waals surface area contributed by atoms with E-state index in [1.54, 1.807) is 0 Å². The topological polar surface area (TPSA) is 72.4 Å². The quantitative estimate of drug-likeness (QED) is 0.910. The van der Waals surface area contributed by atoms with Crippen molar-refractivity contribution in [1.82, 2.24) is 9.88 Å². The van der Waals surface area contributed by atoms with Gasteiger partial charge in [-0.15, -0.1) is 24.8 Å². The van der Waals surface area contributed by atoms with Crippen molar-refractivity contribution in [3.63, 3.8) is 0 Å². The smallest absolute Gasteiger partial charge is 0.223 e. The van der Waals surface area contributed by atoms with Crippen LogP contribution in [0, 0.1) is 5.41 Å². The van der Waals surface area contributed by atoms with Gasteiger partial charge >= 0.3 is 0 Å². The second kappa shape index (κ2) is 7.99. The number of carbonyl (C=O) groups is 1. The molecule has 1 aromatic carbocycles. The van der Waals surface area contributed by atoms with Crippen molar-refractivity contribution in [1.29, 1.82) is 0 Å². The number of nitrogens with two attached hydrogens (primary N) is 1. The fraction of sp³-hybridized carbons (Fsp3) is 0.500. The fourth-order valence-corrected chi connectivity index (χ4v) is 2.80. The number of oxazole rings is 1. The Balaban J connectivity index is 0.00000132. The van der Waals surface area contributed by atoms with E-state index in [0.29, 0.717) is 25.3 Å². The Kier molecular flexibility index (Phi) is 6.86. The summed E-state index contributed by atoms with van der Waals surface area (Å²) in [5.74, 6) is 0.791. The average Bonchev–Trinajstić information content (AvgIpc) is 3.08. The Morgan fingerprint density at radius 3 is 2.78 bits per heavy atom. The maximum Gasteiger partial charge on any atom is 0.223 e. The van der Waals surface area contributed by atoms with E-state index in [0.717, 1.165) is 30.6 Å². The molecule has 1 fully saturated rings. The van der Waals surface area contributed by atoms with Crippen molar-refractivity contribution in [2.45, 2.75) is 26.2 Å². The Labute approximate surface area is 148 Å². The molecule has 0 bridgehead atoms. The van der Waals surface area contributed by atoms with Crippen LogP contribution in [0.1, 0.15) is 25.7 Å². The zero-order valence-electron chi connectivity index (χ0n) is 13.2. The molecule has 1 saturated heterocycles. The molecule has 0 radical (unpaired) electrons. The van der Waals surface area contributed by atoms with E-state index >= 15 is 0 Å². The number of halogens is 2. The van der Waals surface area contributed by atoms with Crippen LogP contribution in [0.4, 0.5) is 0 Å². The van der Waals surface area contributed by atoms with E-state index in [4.69, 9.17) is 10.2 Å². The van der Waals surface area contributed by atoms with Crippen LogP contribution < -0.4 is 5.73 Å². The Morgan fingerprint density at radius 2 is 2.13 bits per heavy atom. The number of para-hydroxylation sites is 2. The standard InChI is InChI=1S/C16H21N3O2.2ClH/c1-16(10-17)8-9-19(11-16)15(20)7-6-14-18-12-4-2-3-5-13(12)21-14;;/h2-5H,6-11,17H2,1H3;2*1H. The molecule has 1 aliphatic rings. The van der Waals surface area contributed by atoms with Crippen LogP contribution in [0.3, 0.4) is 0 Å². The molecule has 1 amide bonds. The van der Waals surface area contributed by atoms with Crippen LogP contribution in [0.5, 0.6) is 0 Å². The van der Waals surface area contributed by atoms with Crippen LogP contribution >= 0.6 is 24.8 Å². The van der Waals surface area contributed by atoms with Crippen molar-refractivity contribution >= 4 is 41.8 Å². The molecular formula is C16H23Cl2N3O2. The lowest BCUT2D eigenvalue weighted by Gasteiger charge is -2.22. The molecule has 2 aromatic rings. The third kappa shape index (κ3) is 4.37. The molecule has 3 rings (SSSR count). The summed E-state index contributed by atoms with van der Waals surface area (Å²) < 4.78 is 5.64. The first-order valence-corrected chi connectivity index (χ1v) is 7.42. The van der Waals surface area contributed by atoms with Gasteiger partial charge in [0.2, 0.25) is 5.91 Å². The van der Waals surface area contributed by atoms with Crippen LogP contribution in [0.25, 0.3) is 11.1 Å². The minimum Gasteiger partial charge on any atom is -0.441 e. The minimum absolute atomic E-state index is 0. The molecule has 128 valence electrons. The summed E-state index contributed by atoms with van der Waals surface area (Å²) in [4.78, 5) is 18.6. The van der Waals surface area contributed by atoms with Crippen molar-refractivity contribution in [2.24, 2.45) is 11.1 Å². The molecule has 1 atom stereocenters. The minimum atomic E-state index is 0. The van der Waals surface area contributed by atoms with Gasteiger partial charge in [0.05, 0.1) is 0 Å². The van der Waals surface area contributed by atoms with Gasteiger partial charge < -0.3 is 15.1 Å². The monoisotopic (exact) mass is 359 g/mol. The molecule has 0 spiro atoms. The molecule has 0 saturated carbocycles. The molecule has 1 aliphatic heterocycles. The summed E-state index contributed by atoms with van der Waals surface area (Å²) in [6.07, 6.45) is 1.97. The molecule has 1 unspecified atom stereocenters. The third-order valence-electron chi connectivity index (χ3n) is 4.29. The van der Waals surface area contributed by atoms with Gasteiger partial charge in [-0.25, -0.2) is 4.98 Å². The van der Waals surface area contributed by atoms with Crippen molar-refractivity contribution in [3.8, 4) is 0 Å². The van der Waals surface area contributed by atoms with Gasteiger partial charge in [0.1, 0.15) is 5.52 Å². The third-order valence-corrected chi connectivity index (χ3v) is 4.29. The summed E-state index contributed by atoms with van der Waals surface area (Å²) in [6.45, 7) is 4.33. The van der Waals surface area contributed by atoms with E-state index in [1.807, 2.05) is 29.2 Å². The first-order valence-electron chi connectivity index (χ1n) is 7.42. The fourth-order valence-electron chi connectivity index (χ4n) is 2.80. The van der Waals surface area contributed by atoms with Gasteiger partial charge in [-0.1, -0.05) is 19.1 Å². The van der Waals surface area contributed by atoms with Gasteiger partial charge in [0.15, 0.2) is 11.5 Å². The number of aromatic nitrogens is 1. The van der Waals surface area contributed by atoms with Crippen LogP contribution in [0.15, 0.2) is 28.7 Å². The molecule has 5 nitrogen and oxygen atoms in total. The van der Waals surface area contributed by atoms with Crippen molar-refractivity contribution in [2.75, 3.05) is 19.6 Å². The highest BCUT2D eigenvalue weighted by molar-refractivity contribution is 5.85. The maximum atomic E-state index is 12.3. The van der Waals surface area contributed by atoms with Gasteiger partial charge in [-0.2, -0.15) is 0 Å². The molecule has 2 N–H and O–H groups in total. The number of carbonyl (C=O) groups excluding carboxylic acids is 1. The summed E-state index contributed by atoms with van der Waals surface area (Å²) in [7, 11) is 0. The first kappa shape index (κ1) is 19.7. The molecule has 23 heavy (non-hydrogen) atoms. The van der Waals surface area contributed by atoms with Gasteiger partial charge in [-0.05, 0) is 30.5 Å². The summed E-state index contributed by atoms with van der Waals surface area (Å²) >= 11 is 0. The number of hydrogen-bond acceptors (Lipinski definition) is 4. The Hall–Kier alpha value is -1.30. The zero-order valence-corrected chi connectivity index (χ0v) is 14.8. The molecular weight excluding hydrogens is 337 g/mol. The van der Waals surface area contributed by atoms with Crippen LogP contribution in [0.2, 0.25) is 0 Å². The van der Waals surface area contributed by atoms with Crippen molar-refractivity contribution < 1.29 is 9.21 Å². The number of likely N-dealkylation sites (tertiary alicyclic amines) is 1. The van der Waals surface area contributed by atoms with Gasteiger partial charge in [-0.3, -0.25) is 4.79 Å². The number of rotatable bonds is 4. The summed E-state index contributed by atoms with van der Waals surface area (Å²) in [6, 6.07) is 7.65. The number of fused-ring (bicyclic) bond motifs is 1. The van der Waals surface area contributed by atoms with Crippen molar-refractivity contribution in [3.05, 3.63) is 30.2 Å².